The first kappa shape index (κ1) is 25.4. The van der Waals surface area contributed by atoms with E-state index in [9.17, 15) is 8.42 Å². The van der Waals surface area contributed by atoms with E-state index in [1.807, 2.05) is 59.4 Å². The Morgan fingerprint density at radius 3 is 2.65 bits per heavy atom. The van der Waals surface area contributed by atoms with Crippen LogP contribution < -0.4 is 10.1 Å². The Kier molecular flexibility index (Phi) is 7.81. The van der Waals surface area contributed by atoms with Gasteiger partial charge in [-0.25, -0.2) is 13.4 Å². The number of para-hydroxylation sites is 2. The molecule has 0 aliphatic heterocycles. The topological polar surface area (TPSA) is 99.0 Å². The summed E-state index contributed by atoms with van der Waals surface area (Å²) in [5.41, 5.74) is 4.55. The second-order valence-electron chi connectivity index (χ2n) is 9.64. The molecule has 9 heteroatoms. The molecule has 1 fully saturated rings. The van der Waals surface area contributed by atoms with E-state index in [4.69, 9.17) is 9.72 Å². The van der Waals surface area contributed by atoms with Crippen molar-refractivity contribution in [3.63, 3.8) is 0 Å². The largest absolute Gasteiger partial charge is 0.497 e. The van der Waals surface area contributed by atoms with Crippen molar-refractivity contribution < 1.29 is 13.2 Å². The van der Waals surface area contributed by atoms with Crippen LogP contribution in [0.1, 0.15) is 43.7 Å². The van der Waals surface area contributed by atoms with Gasteiger partial charge in [0.25, 0.3) is 0 Å². The highest BCUT2D eigenvalue weighted by Gasteiger charge is 2.35. The van der Waals surface area contributed by atoms with Crippen LogP contribution in [0.4, 0.5) is 0 Å². The smallest absolute Gasteiger partial charge is 0.153 e. The van der Waals surface area contributed by atoms with Gasteiger partial charge in [-0.05, 0) is 68.5 Å². The summed E-state index contributed by atoms with van der Waals surface area (Å²) in [5.74, 6) is 1.08. The molecule has 0 bridgehead atoms. The molecule has 1 N–H and O–H groups in total. The summed E-state index contributed by atoms with van der Waals surface area (Å²) in [7, 11) is -1.47. The van der Waals surface area contributed by atoms with Gasteiger partial charge in [0.05, 0.1) is 53.3 Å². The molecule has 0 spiro atoms. The van der Waals surface area contributed by atoms with Crippen LogP contribution in [-0.2, 0) is 16.4 Å². The van der Waals surface area contributed by atoms with E-state index in [2.05, 4.69) is 15.4 Å². The molecular weight excluding hydrogens is 486 g/mol. The van der Waals surface area contributed by atoms with E-state index >= 15 is 0 Å². The molecule has 0 radical (unpaired) electrons. The summed E-state index contributed by atoms with van der Waals surface area (Å²) in [6.45, 7) is 1.56. The molecule has 2 heterocycles. The van der Waals surface area contributed by atoms with Gasteiger partial charge < -0.3 is 10.1 Å². The molecule has 194 valence electrons. The Hall–Kier alpha value is -3.30. The number of aromatic nitrogens is 4. The van der Waals surface area contributed by atoms with E-state index in [0.717, 1.165) is 54.0 Å². The van der Waals surface area contributed by atoms with E-state index < -0.39 is 9.84 Å². The van der Waals surface area contributed by atoms with Gasteiger partial charge >= 0.3 is 0 Å². The van der Waals surface area contributed by atoms with Gasteiger partial charge in [-0.15, -0.1) is 0 Å². The van der Waals surface area contributed by atoms with Crippen molar-refractivity contribution in [2.24, 2.45) is 0 Å². The SMILES string of the molecule is COc1ccc(CNCCCCS(=O)(=O)C2CCC(n3cc(-c4cnc5ccccc5n4)cn3)C2)cc1. The van der Waals surface area contributed by atoms with Crippen LogP contribution in [0.5, 0.6) is 5.75 Å². The van der Waals surface area contributed by atoms with Crippen LogP contribution >= 0.6 is 0 Å². The third-order valence-electron chi connectivity index (χ3n) is 7.11. The molecule has 1 saturated carbocycles. The average Bonchev–Trinajstić information content (AvgIpc) is 3.61. The minimum absolute atomic E-state index is 0.0908. The Bertz CT molecular complexity index is 1440. The highest BCUT2D eigenvalue weighted by atomic mass is 32.2. The Labute approximate surface area is 218 Å². The molecule has 2 unspecified atom stereocenters. The molecule has 1 aliphatic carbocycles. The first-order valence-corrected chi connectivity index (χ1v) is 14.5. The number of unbranched alkanes of at least 4 members (excludes halogenated alkanes) is 1. The van der Waals surface area contributed by atoms with Gasteiger partial charge in [0.2, 0.25) is 0 Å². The van der Waals surface area contributed by atoms with E-state index in [0.29, 0.717) is 19.3 Å². The van der Waals surface area contributed by atoms with E-state index in [1.54, 1.807) is 19.5 Å². The number of nitrogens with zero attached hydrogens (tertiary/aromatic N) is 4. The van der Waals surface area contributed by atoms with Crippen molar-refractivity contribution in [1.82, 2.24) is 25.1 Å². The maximum Gasteiger partial charge on any atom is 0.153 e. The van der Waals surface area contributed by atoms with Crippen LogP contribution in [-0.4, -0.2) is 52.8 Å². The van der Waals surface area contributed by atoms with Crippen molar-refractivity contribution in [3.8, 4) is 17.0 Å². The van der Waals surface area contributed by atoms with Crippen LogP contribution in [0.3, 0.4) is 0 Å². The quantitative estimate of drug-likeness (QED) is 0.290. The predicted octanol–water partition coefficient (Wildman–Crippen LogP) is 4.58. The molecule has 4 aromatic rings. The summed E-state index contributed by atoms with van der Waals surface area (Å²) in [4.78, 5) is 9.19. The molecule has 1 aliphatic rings. The van der Waals surface area contributed by atoms with E-state index in [1.165, 1.54) is 5.56 Å². The zero-order chi connectivity index (χ0) is 25.7. The minimum Gasteiger partial charge on any atom is -0.497 e. The summed E-state index contributed by atoms with van der Waals surface area (Å²) in [6, 6.07) is 15.8. The number of nitrogens with one attached hydrogen (secondary N) is 1. The molecule has 37 heavy (non-hydrogen) atoms. The molecule has 2 aromatic carbocycles. The zero-order valence-corrected chi connectivity index (χ0v) is 21.9. The summed E-state index contributed by atoms with van der Waals surface area (Å²) in [6.07, 6.45) is 9.14. The van der Waals surface area contributed by atoms with Crippen LogP contribution in [0.2, 0.25) is 0 Å². The number of ether oxygens (including phenoxy) is 1. The first-order chi connectivity index (χ1) is 18.0. The third kappa shape index (κ3) is 6.17. The Balaban J connectivity index is 1.08. The maximum absolute atomic E-state index is 13.0. The van der Waals surface area contributed by atoms with Crippen molar-refractivity contribution >= 4 is 20.9 Å². The maximum atomic E-state index is 13.0. The second kappa shape index (κ2) is 11.4. The molecule has 0 amide bonds. The summed E-state index contributed by atoms with van der Waals surface area (Å²) >= 11 is 0. The molecule has 2 atom stereocenters. The van der Waals surface area contributed by atoms with Crippen LogP contribution in [0, 0.1) is 0 Å². The van der Waals surface area contributed by atoms with Gasteiger partial charge in [-0.2, -0.15) is 5.10 Å². The number of benzene rings is 2. The lowest BCUT2D eigenvalue weighted by molar-refractivity contribution is 0.414. The number of hydrogen-bond acceptors (Lipinski definition) is 7. The number of methoxy groups -OCH3 is 1. The van der Waals surface area contributed by atoms with Gasteiger partial charge in [0.15, 0.2) is 9.84 Å². The van der Waals surface area contributed by atoms with Crippen molar-refractivity contribution in [2.75, 3.05) is 19.4 Å². The highest BCUT2D eigenvalue weighted by molar-refractivity contribution is 7.92. The molecule has 8 nitrogen and oxygen atoms in total. The van der Waals surface area contributed by atoms with Crippen molar-refractivity contribution in [2.45, 2.75) is 49.9 Å². The number of fused-ring (bicyclic) bond motifs is 1. The molecule has 2 aromatic heterocycles. The molecular formula is C28H33N5O3S. The fourth-order valence-electron chi connectivity index (χ4n) is 4.95. The summed E-state index contributed by atoms with van der Waals surface area (Å²) in [5, 5.41) is 7.64. The highest BCUT2D eigenvalue weighted by Crippen LogP contribution is 2.35. The minimum atomic E-state index is -3.12. The average molecular weight is 520 g/mol. The fraction of sp³-hybridized carbons (Fsp3) is 0.393. The van der Waals surface area contributed by atoms with Gasteiger partial charge in [-0.1, -0.05) is 24.3 Å². The lowest BCUT2D eigenvalue weighted by atomic mass is 10.2. The fourth-order valence-corrected chi connectivity index (χ4v) is 6.90. The molecule has 5 rings (SSSR count). The second-order valence-corrected chi connectivity index (χ2v) is 12.0. The number of sulfone groups is 1. The predicted molar refractivity (Wildman–Crippen MR) is 145 cm³/mol. The summed E-state index contributed by atoms with van der Waals surface area (Å²) < 4.78 is 33.1. The monoisotopic (exact) mass is 519 g/mol. The number of hydrogen-bond donors (Lipinski definition) is 1. The van der Waals surface area contributed by atoms with Crippen LogP contribution in [0.15, 0.2) is 67.1 Å². The lowest BCUT2D eigenvalue weighted by Gasteiger charge is -2.13. The van der Waals surface area contributed by atoms with E-state index in [-0.39, 0.29) is 17.0 Å². The Morgan fingerprint density at radius 1 is 1.03 bits per heavy atom. The third-order valence-corrected chi connectivity index (χ3v) is 9.41. The van der Waals surface area contributed by atoms with Crippen LogP contribution in [0.25, 0.3) is 22.3 Å². The number of rotatable bonds is 11. The zero-order valence-electron chi connectivity index (χ0n) is 21.1. The van der Waals surface area contributed by atoms with Crippen molar-refractivity contribution in [3.05, 3.63) is 72.7 Å². The lowest BCUT2D eigenvalue weighted by Crippen LogP contribution is -2.23. The standard InChI is InChI=1S/C28H33N5O3S/c1-36-24-11-8-21(9-12-24)17-29-14-4-5-15-37(34,35)25-13-10-23(16-25)33-20-22(18-31-33)28-19-30-26-6-2-3-7-27(26)32-28/h2-3,6-9,11-12,18-20,23,25,29H,4-5,10,13-17H2,1H3. The van der Waals surface area contributed by atoms with Crippen molar-refractivity contribution in [1.29, 1.82) is 0 Å². The van der Waals surface area contributed by atoms with Gasteiger partial charge in [-0.3, -0.25) is 9.67 Å². The van der Waals surface area contributed by atoms with Gasteiger partial charge in [0.1, 0.15) is 5.75 Å². The molecule has 0 saturated heterocycles. The van der Waals surface area contributed by atoms with Gasteiger partial charge in [0, 0.05) is 18.3 Å². The first-order valence-electron chi connectivity index (χ1n) is 12.8. The Morgan fingerprint density at radius 2 is 1.84 bits per heavy atom. The normalized spacial score (nSPS) is 17.9.